The first kappa shape index (κ1) is 20.0. The first-order chi connectivity index (χ1) is 14.1. The van der Waals surface area contributed by atoms with Gasteiger partial charge in [0.1, 0.15) is 17.0 Å². The Morgan fingerprint density at radius 2 is 2.28 bits per heavy atom. The lowest BCUT2D eigenvalue weighted by Crippen LogP contribution is -2.31. The summed E-state index contributed by atoms with van der Waals surface area (Å²) < 4.78 is 5.58. The van der Waals surface area contributed by atoms with E-state index >= 15 is 0 Å². The molecule has 156 valence electrons. The number of hydrogen-bond acceptors (Lipinski definition) is 7. The summed E-state index contributed by atoms with van der Waals surface area (Å²) in [7, 11) is 0. The molecule has 2 aliphatic rings. The average Bonchev–Trinajstić information content (AvgIpc) is 3.45. The number of fused-ring (bicyclic) bond motifs is 1. The summed E-state index contributed by atoms with van der Waals surface area (Å²) in [5, 5.41) is 7.25. The molecule has 4 rings (SSSR count). The highest BCUT2D eigenvalue weighted by Gasteiger charge is 2.22. The molecule has 1 atom stereocenters. The zero-order valence-corrected chi connectivity index (χ0v) is 17.5. The number of nitrogens with zero attached hydrogens (tertiary/aromatic N) is 3. The minimum Gasteiger partial charge on any atom is -0.376 e. The number of aromatic nitrogens is 2. The van der Waals surface area contributed by atoms with Crippen molar-refractivity contribution in [2.24, 2.45) is 0 Å². The molecule has 29 heavy (non-hydrogen) atoms. The van der Waals surface area contributed by atoms with Crippen LogP contribution in [0.4, 0.5) is 5.82 Å². The van der Waals surface area contributed by atoms with Crippen molar-refractivity contribution >= 4 is 39.2 Å². The standard InChI is InChI=1S/C20H27N5O3S/c1-13-16-18(21-7-4-9-25-8-2-6-15(25)26)23-12-24-20(16)29-17(13)19(27)22-11-14-5-3-10-28-14/h12,14H,2-11H2,1H3,(H,22,27)(H,21,23,24). The fourth-order valence-electron chi connectivity index (χ4n) is 3.93. The second kappa shape index (κ2) is 9.04. The number of anilines is 1. The molecule has 2 saturated heterocycles. The van der Waals surface area contributed by atoms with Crippen molar-refractivity contribution in [3.63, 3.8) is 0 Å². The van der Waals surface area contributed by atoms with Crippen LogP contribution >= 0.6 is 11.3 Å². The number of thiophene rings is 1. The van der Waals surface area contributed by atoms with Gasteiger partial charge in [-0.25, -0.2) is 9.97 Å². The van der Waals surface area contributed by atoms with Gasteiger partial charge >= 0.3 is 0 Å². The summed E-state index contributed by atoms with van der Waals surface area (Å²) in [5.74, 6) is 0.913. The van der Waals surface area contributed by atoms with E-state index in [1.54, 1.807) is 0 Å². The first-order valence-electron chi connectivity index (χ1n) is 10.3. The minimum absolute atomic E-state index is 0.0838. The van der Waals surface area contributed by atoms with Gasteiger partial charge in [-0.1, -0.05) is 0 Å². The van der Waals surface area contributed by atoms with E-state index in [0.717, 1.165) is 67.0 Å². The van der Waals surface area contributed by atoms with Gasteiger partial charge in [0.2, 0.25) is 5.91 Å². The molecule has 0 bridgehead atoms. The lowest BCUT2D eigenvalue weighted by Gasteiger charge is -2.15. The molecule has 9 heteroatoms. The molecule has 2 aromatic heterocycles. The molecule has 2 fully saturated rings. The highest BCUT2D eigenvalue weighted by molar-refractivity contribution is 7.20. The highest BCUT2D eigenvalue weighted by atomic mass is 32.1. The van der Waals surface area contributed by atoms with E-state index < -0.39 is 0 Å². The molecule has 2 amide bonds. The van der Waals surface area contributed by atoms with Crippen LogP contribution < -0.4 is 10.6 Å². The summed E-state index contributed by atoms with van der Waals surface area (Å²) in [6.45, 7) is 5.60. The second-order valence-corrected chi connectivity index (χ2v) is 8.57. The molecule has 8 nitrogen and oxygen atoms in total. The van der Waals surface area contributed by atoms with E-state index in [4.69, 9.17) is 4.74 Å². The minimum atomic E-state index is -0.0838. The number of carbonyl (C=O) groups excluding carboxylic acids is 2. The number of nitrogens with one attached hydrogen (secondary N) is 2. The molecule has 0 spiro atoms. The van der Waals surface area contributed by atoms with Gasteiger partial charge in [-0.05, 0) is 38.2 Å². The fourth-order valence-corrected chi connectivity index (χ4v) is 5.00. The topological polar surface area (TPSA) is 96.4 Å². The lowest BCUT2D eigenvalue weighted by atomic mass is 10.2. The number of amides is 2. The highest BCUT2D eigenvalue weighted by Crippen LogP contribution is 2.33. The van der Waals surface area contributed by atoms with Gasteiger partial charge in [-0.3, -0.25) is 9.59 Å². The van der Waals surface area contributed by atoms with Crippen LogP contribution in [0.2, 0.25) is 0 Å². The molecular weight excluding hydrogens is 390 g/mol. The zero-order valence-electron chi connectivity index (χ0n) is 16.7. The van der Waals surface area contributed by atoms with Gasteiger partial charge in [0, 0.05) is 39.2 Å². The van der Waals surface area contributed by atoms with E-state index in [9.17, 15) is 9.59 Å². The summed E-state index contributed by atoms with van der Waals surface area (Å²) >= 11 is 1.39. The van der Waals surface area contributed by atoms with E-state index in [0.29, 0.717) is 24.4 Å². The quantitative estimate of drug-likeness (QED) is 0.640. The van der Waals surface area contributed by atoms with Gasteiger partial charge < -0.3 is 20.3 Å². The molecule has 2 aliphatic heterocycles. The van der Waals surface area contributed by atoms with Crippen LogP contribution in [0.1, 0.15) is 47.3 Å². The van der Waals surface area contributed by atoms with E-state index in [1.165, 1.54) is 17.7 Å². The molecule has 4 heterocycles. The number of ether oxygens (including phenoxy) is 1. The number of hydrogen-bond donors (Lipinski definition) is 2. The summed E-state index contributed by atoms with van der Waals surface area (Å²) in [4.78, 5) is 36.5. The third kappa shape index (κ3) is 4.51. The molecule has 0 aromatic carbocycles. The Balaban J connectivity index is 1.39. The zero-order chi connectivity index (χ0) is 20.2. The average molecular weight is 418 g/mol. The Bertz CT molecular complexity index is 894. The van der Waals surface area contributed by atoms with Crippen molar-refractivity contribution < 1.29 is 14.3 Å². The van der Waals surface area contributed by atoms with Crippen LogP contribution in [-0.4, -0.2) is 65.6 Å². The smallest absolute Gasteiger partial charge is 0.261 e. The third-order valence-electron chi connectivity index (χ3n) is 5.52. The molecular formula is C20H27N5O3S. The fraction of sp³-hybridized carbons (Fsp3) is 0.600. The molecule has 2 N–H and O–H groups in total. The van der Waals surface area contributed by atoms with Crippen molar-refractivity contribution in [3.05, 3.63) is 16.8 Å². The Labute approximate surface area is 174 Å². The van der Waals surface area contributed by atoms with E-state index in [2.05, 4.69) is 20.6 Å². The van der Waals surface area contributed by atoms with Crippen molar-refractivity contribution in [2.75, 3.05) is 38.1 Å². The monoisotopic (exact) mass is 417 g/mol. The molecule has 0 saturated carbocycles. The van der Waals surface area contributed by atoms with Crippen LogP contribution in [0.15, 0.2) is 6.33 Å². The molecule has 0 radical (unpaired) electrons. The largest absolute Gasteiger partial charge is 0.376 e. The van der Waals surface area contributed by atoms with Crippen molar-refractivity contribution in [2.45, 2.75) is 45.1 Å². The van der Waals surface area contributed by atoms with E-state index in [1.807, 2.05) is 11.8 Å². The van der Waals surface area contributed by atoms with Crippen molar-refractivity contribution in [1.29, 1.82) is 0 Å². The Morgan fingerprint density at radius 3 is 3.03 bits per heavy atom. The lowest BCUT2D eigenvalue weighted by molar-refractivity contribution is -0.127. The second-order valence-electron chi connectivity index (χ2n) is 7.57. The van der Waals surface area contributed by atoms with Crippen LogP contribution in [0, 0.1) is 6.92 Å². The Hall–Kier alpha value is -2.26. The Kier molecular flexibility index (Phi) is 6.25. The van der Waals surface area contributed by atoms with Crippen LogP contribution in [0.25, 0.3) is 10.2 Å². The van der Waals surface area contributed by atoms with Crippen molar-refractivity contribution in [3.8, 4) is 0 Å². The summed E-state index contributed by atoms with van der Waals surface area (Å²) in [5.41, 5.74) is 0.896. The van der Waals surface area contributed by atoms with Gasteiger partial charge in [0.05, 0.1) is 16.4 Å². The normalized spacial score (nSPS) is 19.3. The first-order valence-corrected chi connectivity index (χ1v) is 11.1. The van der Waals surface area contributed by atoms with Crippen LogP contribution in [0.3, 0.4) is 0 Å². The summed E-state index contributed by atoms with van der Waals surface area (Å²) in [6.07, 6.45) is 6.19. The Morgan fingerprint density at radius 1 is 1.38 bits per heavy atom. The summed E-state index contributed by atoms with van der Waals surface area (Å²) in [6, 6.07) is 0. The van der Waals surface area contributed by atoms with Gasteiger partial charge in [0.15, 0.2) is 0 Å². The maximum atomic E-state index is 12.7. The number of carbonyl (C=O) groups is 2. The molecule has 1 unspecified atom stereocenters. The predicted molar refractivity (Wildman–Crippen MR) is 112 cm³/mol. The van der Waals surface area contributed by atoms with Gasteiger partial charge in [-0.2, -0.15) is 0 Å². The molecule has 2 aromatic rings. The number of aryl methyl sites for hydroxylation is 1. The van der Waals surface area contributed by atoms with E-state index in [-0.39, 0.29) is 17.9 Å². The number of likely N-dealkylation sites (tertiary alicyclic amines) is 1. The maximum Gasteiger partial charge on any atom is 0.261 e. The maximum absolute atomic E-state index is 12.7. The predicted octanol–water partition coefficient (Wildman–Crippen LogP) is 2.33. The third-order valence-corrected chi connectivity index (χ3v) is 6.71. The molecule has 0 aliphatic carbocycles. The van der Waals surface area contributed by atoms with Crippen LogP contribution in [0.5, 0.6) is 0 Å². The van der Waals surface area contributed by atoms with Crippen LogP contribution in [-0.2, 0) is 9.53 Å². The van der Waals surface area contributed by atoms with Gasteiger partial charge in [0.25, 0.3) is 5.91 Å². The van der Waals surface area contributed by atoms with Crippen molar-refractivity contribution in [1.82, 2.24) is 20.2 Å². The number of rotatable bonds is 8. The van der Waals surface area contributed by atoms with Gasteiger partial charge in [-0.15, -0.1) is 11.3 Å². The SMILES string of the molecule is Cc1c(C(=O)NCC2CCCO2)sc2ncnc(NCCCN3CCCC3=O)c12.